The van der Waals surface area contributed by atoms with Crippen LogP contribution >= 0.6 is 0 Å². The Kier molecular flexibility index (Phi) is 6.17. The number of benzene rings is 1. The maximum absolute atomic E-state index is 11.9. The van der Waals surface area contributed by atoms with Crippen molar-refractivity contribution in [1.29, 1.82) is 0 Å². The van der Waals surface area contributed by atoms with E-state index in [4.69, 9.17) is 0 Å². The fourth-order valence-corrected chi connectivity index (χ4v) is 2.63. The molecule has 0 aliphatic carbocycles. The van der Waals surface area contributed by atoms with Gasteiger partial charge in [-0.25, -0.2) is 9.59 Å². The molecule has 1 aliphatic rings. The van der Waals surface area contributed by atoms with Gasteiger partial charge in [0.25, 0.3) is 0 Å². The van der Waals surface area contributed by atoms with Crippen LogP contribution in [0.2, 0.25) is 0 Å². The predicted octanol–water partition coefficient (Wildman–Crippen LogP) is 1.28. The van der Waals surface area contributed by atoms with Gasteiger partial charge in [0.1, 0.15) is 0 Å². The Bertz CT molecular complexity index is 592. The molecule has 7 heteroatoms. The summed E-state index contributed by atoms with van der Waals surface area (Å²) in [6, 6.07) is 6.74. The number of amides is 3. The van der Waals surface area contributed by atoms with Gasteiger partial charge in [0.2, 0.25) is 5.91 Å². The van der Waals surface area contributed by atoms with E-state index in [1.165, 1.54) is 7.11 Å². The van der Waals surface area contributed by atoms with Crippen LogP contribution in [0.25, 0.3) is 0 Å². The highest BCUT2D eigenvalue weighted by Gasteiger charge is 2.21. The number of hydrogen-bond acceptors (Lipinski definition) is 4. The molecule has 0 unspecified atom stereocenters. The van der Waals surface area contributed by atoms with Crippen molar-refractivity contribution in [2.75, 3.05) is 20.2 Å². The molecule has 3 amide bonds. The quantitative estimate of drug-likeness (QED) is 0.813. The van der Waals surface area contributed by atoms with Crippen LogP contribution in [-0.2, 0) is 16.1 Å². The van der Waals surface area contributed by atoms with Gasteiger partial charge in [-0.1, -0.05) is 12.1 Å². The molecule has 2 N–H and O–H groups in total. The van der Waals surface area contributed by atoms with E-state index < -0.39 is 0 Å². The van der Waals surface area contributed by atoms with Crippen LogP contribution < -0.4 is 10.6 Å². The molecule has 0 bridgehead atoms. The molecule has 2 rings (SSSR count). The second-order valence-corrected chi connectivity index (χ2v) is 5.80. The van der Waals surface area contributed by atoms with Gasteiger partial charge < -0.3 is 20.3 Å². The van der Waals surface area contributed by atoms with Gasteiger partial charge in [0.05, 0.1) is 12.7 Å². The lowest BCUT2D eigenvalue weighted by Gasteiger charge is -2.31. The van der Waals surface area contributed by atoms with E-state index in [2.05, 4.69) is 15.4 Å². The minimum Gasteiger partial charge on any atom is -0.465 e. The summed E-state index contributed by atoms with van der Waals surface area (Å²) in [6.07, 6.45) is 1.53. The van der Waals surface area contributed by atoms with Gasteiger partial charge in [-0.15, -0.1) is 0 Å². The summed E-state index contributed by atoms with van der Waals surface area (Å²) >= 11 is 0. The van der Waals surface area contributed by atoms with Crippen molar-refractivity contribution >= 4 is 17.9 Å². The summed E-state index contributed by atoms with van der Waals surface area (Å²) in [5, 5.41) is 5.72. The number of urea groups is 1. The molecule has 130 valence electrons. The number of carbonyl (C=O) groups is 3. The smallest absolute Gasteiger partial charge is 0.337 e. The largest absolute Gasteiger partial charge is 0.465 e. The Morgan fingerprint density at radius 3 is 2.33 bits per heavy atom. The molecule has 7 nitrogen and oxygen atoms in total. The molecule has 0 aromatic heterocycles. The van der Waals surface area contributed by atoms with E-state index in [0.29, 0.717) is 25.2 Å². The summed E-state index contributed by atoms with van der Waals surface area (Å²) in [4.78, 5) is 36.4. The number of carbonyl (C=O) groups excluding carboxylic acids is 3. The fourth-order valence-electron chi connectivity index (χ4n) is 2.63. The lowest BCUT2D eigenvalue weighted by atomic mass is 10.1. The summed E-state index contributed by atoms with van der Waals surface area (Å²) in [5.74, 6) is -0.308. The first-order valence-corrected chi connectivity index (χ1v) is 7.96. The number of nitrogens with zero attached hydrogens (tertiary/aromatic N) is 1. The number of likely N-dealkylation sites (tertiary alicyclic amines) is 1. The minimum atomic E-state index is -0.385. The van der Waals surface area contributed by atoms with Crippen molar-refractivity contribution in [3.63, 3.8) is 0 Å². The van der Waals surface area contributed by atoms with Crippen LogP contribution in [-0.4, -0.2) is 49.0 Å². The lowest BCUT2D eigenvalue weighted by Crippen LogP contribution is -2.48. The van der Waals surface area contributed by atoms with E-state index in [1.807, 2.05) is 0 Å². The number of nitrogens with one attached hydrogen (secondary N) is 2. The molecular formula is C17H23N3O4. The average Bonchev–Trinajstić information content (AvgIpc) is 2.60. The normalized spacial score (nSPS) is 14.8. The minimum absolute atomic E-state index is 0.0771. The van der Waals surface area contributed by atoms with Crippen molar-refractivity contribution in [1.82, 2.24) is 15.5 Å². The predicted molar refractivity (Wildman–Crippen MR) is 88.4 cm³/mol. The number of rotatable bonds is 4. The van der Waals surface area contributed by atoms with Crippen LogP contribution in [0.15, 0.2) is 24.3 Å². The van der Waals surface area contributed by atoms with E-state index in [1.54, 1.807) is 36.1 Å². The number of piperidine rings is 1. The topological polar surface area (TPSA) is 87.7 Å². The first-order chi connectivity index (χ1) is 11.5. The zero-order valence-corrected chi connectivity index (χ0v) is 14.0. The Morgan fingerprint density at radius 2 is 1.79 bits per heavy atom. The van der Waals surface area contributed by atoms with Crippen molar-refractivity contribution < 1.29 is 19.1 Å². The molecule has 0 atom stereocenters. The third-order valence-corrected chi connectivity index (χ3v) is 4.10. The number of ether oxygens (including phenoxy) is 1. The maximum atomic E-state index is 11.9. The zero-order valence-electron chi connectivity index (χ0n) is 14.0. The number of hydrogen-bond donors (Lipinski definition) is 2. The Hall–Kier alpha value is -2.57. The van der Waals surface area contributed by atoms with E-state index in [9.17, 15) is 14.4 Å². The Balaban J connectivity index is 1.73. The first kappa shape index (κ1) is 17.8. The van der Waals surface area contributed by atoms with Crippen LogP contribution in [0, 0.1) is 0 Å². The molecule has 24 heavy (non-hydrogen) atoms. The Labute approximate surface area is 141 Å². The summed E-state index contributed by atoms with van der Waals surface area (Å²) in [7, 11) is 1.34. The molecule has 0 spiro atoms. The molecule has 0 radical (unpaired) electrons. The van der Waals surface area contributed by atoms with Gasteiger partial charge in [-0.3, -0.25) is 4.79 Å². The molecule has 1 aromatic rings. The van der Waals surface area contributed by atoms with Crippen LogP contribution in [0.4, 0.5) is 4.79 Å². The second-order valence-electron chi connectivity index (χ2n) is 5.80. The zero-order chi connectivity index (χ0) is 17.5. The molecule has 1 saturated heterocycles. The molecule has 1 fully saturated rings. The molecular weight excluding hydrogens is 310 g/mol. The standard InChI is InChI=1S/C17H23N3O4/c1-12(21)20-9-7-15(8-10-20)19-17(23)18-11-13-3-5-14(6-4-13)16(22)24-2/h3-6,15H,7-11H2,1-2H3,(H2,18,19,23). The van der Waals surface area contributed by atoms with Crippen molar-refractivity contribution in [3.05, 3.63) is 35.4 Å². The molecule has 1 aromatic carbocycles. The summed E-state index contributed by atoms with van der Waals surface area (Å²) in [5.41, 5.74) is 1.37. The molecule has 1 aliphatic heterocycles. The van der Waals surface area contributed by atoms with Crippen molar-refractivity contribution in [3.8, 4) is 0 Å². The number of methoxy groups -OCH3 is 1. The molecule has 1 heterocycles. The van der Waals surface area contributed by atoms with Gasteiger partial charge in [-0.05, 0) is 30.5 Å². The first-order valence-electron chi connectivity index (χ1n) is 7.96. The monoisotopic (exact) mass is 333 g/mol. The van der Waals surface area contributed by atoms with Gasteiger partial charge in [0.15, 0.2) is 0 Å². The van der Waals surface area contributed by atoms with Crippen LogP contribution in [0.3, 0.4) is 0 Å². The summed E-state index contributed by atoms with van der Waals surface area (Å²) < 4.78 is 4.64. The summed E-state index contributed by atoms with van der Waals surface area (Å²) in [6.45, 7) is 3.29. The second kappa shape index (κ2) is 8.33. The Morgan fingerprint density at radius 1 is 1.17 bits per heavy atom. The van der Waals surface area contributed by atoms with Gasteiger partial charge >= 0.3 is 12.0 Å². The van der Waals surface area contributed by atoms with Crippen LogP contribution in [0.5, 0.6) is 0 Å². The van der Waals surface area contributed by atoms with E-state index >= 15 is 0 Å². The third-order valence-electron chi connectivity index (χ3n) is 4.10. The highest BCUT2D eigenvalue weighted by atomic mass is 16.5. The van der Waals surface area contributed by atoms with Crippen molar-refractivity contribution in [2.24, 2.45) is 0 Å². The number of esters is 1. The van der Waals surface area contributed by atoms with Gasteiger partial charge in [0, 0.05) is 32.6 Å². The lowest BCUT2D eigenvalue weighted by molar-refractivity contribution is -0.129. The third kappa shape index (κ3) is 4.97. The highest BCUT2D eigenvalue weighted by molar-refractivity contribution is 5.89. The van der Waals surface area contributed by atoms with Crippen molar-refractivity contribution in [2.45, 2.75) is 32.4 Å². The fraction of sp³-hybridized carbons (Fsp3) is 0.471. The SMILES string of the molecule is COC(=O)c1ccc(CNC(=O)NC2CCN(C(C)=O)CC2)cc1. The van der Waals surface area contributed by atoms with Crippen LogP contribution in [0.1, 0.15) is 35.7 Å². The highest BCUT2D eigenvalue weighted by Crippen LogP contribution is 2.10. The average molecular weight is 333 g/mol. The van der Waals surface area contributed by atoms with E-state index in [-0.39, 0.29) is 23.9 Å². The van der Waals surface area contributed by atoms with E-state index in [0.717, 1.165) is 18.4 Å². The molecule has 0 saturated carbocycles. The van der Waals surface area contributed by atoms with Gasteiger partial charge in [-0.2, -0.15) is 0 Å². The maximum Gasteiger partial charge on any atom is 0.337 e.